The van der Waals surface area contributed by atoms with Gasteiger partial charge in [-0.1, -0.05) is 54.6 Å². The lowest BCUT2D eigenvalue weighted by atomic mass is 10.1. The third kappa shape index (κ3) is 3.23. The number of anilines is 2. The highest BCUT2D eigenvalue weighted by Crippen LogP contribution is 2.33. The lowest BCUT2D eigenvalue weighted by Crippen LogP contribution is -2.08. The van der Waals surface area contributed by atoms with Crippen molar-refractivity contribution in [3.63, 3.8) is 0 Å². The number of nitrogens with one attached hydrogen (secondary N) is 1. The second-order valence-corrected chi connectivity index (χ2v) is 7.42. The highest BCUT2D eigenvalue weighted by Gasteiger charge is 2.19. The molecule has 4 heteroatoms. The van der Waals surface area contributed by atoms with Crippen LogP contribution < -0.4 is 10.2 Å². The zero-order chi connectivity index (χ0) is 19.8. The molecule has 0 radical (unpaired) electrons. The van der Waals surface area contributed by atoms with Crippen molar-refractivity contribution < 1.29 is 4.42 Å². The van der Waals surface area contributed by atoms with Crippen LogP contribution in [0.4, 0.5) is 11.4 Å². The van der Waals surface area contributed by atoms with E-state index in [2.05, 4.69) is 64.8 Å². The summed E-state index contributed by atoms with van der Waals surface area (Å²) in [6, 6.07) is 26.9. The molecule has 0 aliphatic heterocycles. The Morgan fingerprint density at radius 1 is 0.828 bits per heavy atom. The molecule has 0 fully saturated rings. The van der Waals surface area contributed by atoms with Gasteiger partial charge in [0.2, 0.25) is 0 Å². The number of benzene rings is 4. The molecule has 1 aromatic heterocycles. The maximum absolute atomic E-state index is 6.31. The SMILES string of the molecule is CN(C)c1ccc2nc3c(cc(NCc4ccccc4)c4ccccc43)[o+]c2c1. The molecule has 5 rings (SSSR count). The molecule has 29 heavy (non-hydrogen) atoms. The maximum Gasteiger partial charge on any atom is 0.381 e. The van der Waals surface area contributed by atoms with Crippen LogP contribution in [0.3, 0.4) is 0 Å². The van der Waals surface area contributed by atoms with E-state index in [0.717, 1.165) is 50.9 Å². The molecule has 0 aliphatic rings. The molecular formula is C25H22N3O+. The van der Waals surface area contributed by atoms with Crippen LogP contribution in [0.5, 0.6) is 0 Å². The van der Waals surface area contributed by atoms with E-state index in [9.17, 15) is 0 Å². The fraction of sp³-hybridized carbons (Fsp3) is 0.120. The summed E-state index contributed by atoms with van der Waals surface area (Å²) in [4.78, 5) is 6.99. The Labute approximate surface area is 169 Å². The Kier molecular flexibility index (Phi) is 4.24. The molecule has 142 valence electrons. The van der Waals surface area contributed by atoms with Gasteiger partial charge in [0.1, 0.15) is 0 Å². The van der Waals surface area contributed by atoms with Crippen molar-refractivity contribution >= 4 is 44.3 Å². The second kappa shape index (κ2) is 7.06. The summed E-state index contributed by atoms with van der Waals surface area (Å²) >= 11 is 0. The van der Waals surface area contributed by atoms with Gasteiger partial charge in [-0.3, -0.25) is 0 Å². The highest BCUT2D eigenvalue weighted by atomic mass is 16.3. The molecule has 0 saturated heterocycles. The molecule has 4 aromatic carbocycles. The van der Waals surface area contributed by atoms with Gasteiger partial charge in [0.15, 0.2) is 11.0 Å². The van der Waals surface area contributed by atoms with E-state index in [1.807, 2.05) is 38.4 Å². The summed E-state index contributed by atoms with van der Waals surface area (Å²) in [7, 11) is 4.05. The Balaban J connectivity index is 1.68. The van der Waals surface area contributed by atoms with Crippen molar-refractivity contribution in [2.75, 3.05) is 24.3 Å². The third-order valence-electron chi connectivity index (χ3n) is 5.22. The molecule has 1 N–H and O–H groups in total. The molecular weight excluding hydrogens is 358 g/mol. The van der Waals surface area contributed by atoms with E-state index in [1.165, 1.54) is 5.56 Å². The fourth-order valence-electron chi connectivity index (χ4n) is 3.66. The van der Waals surface area contributed by atoms with Gasteiger partial charge < -0.3 is 10.2 Å². The number of rotatable bonds is 4. The monoisotopic (exact) mass is 380 g/mol. The van der Waals surface area contributed by atoms with E-state index in [4.69, 9.17) is 9.40 Å². The predicted octanol–water partition coefficient (Wildman–Crippen LogP) is 6.09. The zero-order valence-electron chi connectivity index (χ0n) is 16.5. The largest absolute Gasteiger partial charge is 0.381 e. The van der Waals surface area contributed by atoms with Crippen molar-refractivity contribution in [3.8, 4) is 0 Å². The van der Waals surface area contributed by atoms with Gasteiger partial charge >= 0.3 is 11.2 Å². The van der Waals surface area contributed by atoms with Crippen molar-refractivity contribution in [3.05, 3.63) is 84.4 Å². The van der Waals surface area contributed by atoms with Crippen molar-refractivity contribution in [2.24, 2.45) is 0 Å². The van der Waals surface area contributed by atoms with Crippen LogP contribution in [0.1, 0.15) is 5.56 Å². The molecule has 1 heterocycles. The van der Waals surface area contributed by atoms with Gasteiger partial charge in [-0.25, -0.2) is 9.40 Å². The van der Waals surface area contributed by atoms with E-state index >= 15 is 0 Å². The quantitative estimate of drug-likeness (QED) is 0.232. The summed E-state index contributed by atoms with van der Waals surface area (Å²) < 4.78 is 6.31. The normalized spacial score (nSPS) is 11.2. The summed E-state index contributed by atoms with van der Waals surface area (Å²) in [6.45, 7) is 0.752. The minimum absolute atomic E-state index is 0.752. The van der Waals surface area contributed by atoms with Crippen LogP contribution in [0.25, 0.3) is 33.0 Å². The van der Waals surface area contributed by atoms with Crippen molar-refractivity contribution in [2.45, 2.75) is 6.54 Å². The van der Waals surface area contributed by atoms with Gasteiger partial charge in [-0.15, -0.1) is 0 Å². The first-order valence-corrected chi connectivity index (χ1v) is 9.73. The number of hydrogen-bond donors (Lipinski definition) is 1. The fourth-order valence-corrected chi connectivity index (χ4v) is 3.66. The smallest absolute Gasteiger partial charge is 0.380 e. The third-order valence-corrected chi connectivity index (χ3v) is 5.22. The van der Waals surface area contributed by atoms with Crippen LogP contribution in [0.15, 0.2) is 83.3 Å². The van der Waals surface area contributed by atoms with Crippen LogP contribution in [0, 0.1) is 0 Å². The lowest BCUT2D eigenvalue weighted by Gasteiger charge is -2.11. The van der Waals surface area contributed by atoms with Gasteiger partial charge in [0, 0.05) is 37.1 Å². The topological polar surface area (TPSA) is 39.5 Å². The second-order valence-electron chi connectivity index (χ2n) is 7.42. The van der Waals surface area contributed by atoms with Crippen LogP contribution in [-0.4, -0.2) is 19.1 Å². The lowest BCUT2D eigenvalue weighted by molar-refractivity contribution is 0.657. The van der Waals surface area contributed by atoms with Crippen LogP contribution in [-0.2, 0) is 6.54 Å². The average Bonchev–Trinajstić information content (AvgIpc) is 2.76. The first kappa shape index (κ1) is 17.4. The summed E-state index contributed by atoms with van der Waals surface area (Å²) in [5.41, 5.74) is 6.68. The number of nitrogens with zero attached hydrogens (tertiary/aromatic N) is 2. The van der Waals surface area contributed by atoms with E-state index < -0.39 is 0 Å². The molecule has 4 nitrogen and oxygen atoms in total. The average molecular weight is 380 g/mol. The molecule has 0 amide bonds. The molecule has 0 unspecified atom stereocenters. The zero-order valence-corrected chi connectivity index (χ0v) is 16.5. The van der Waals surface area contributed by atoms with E-state index in [0.29, 0.717) is 0 Å². The van der Waals surface area contributed by atoms with Crippen LogP contribution in [0.2, 0.25) is 0 Å². The summed E-state index contributed by atoms with van der Waals surface area (Å²) in [6.07, 6.45) is 0. The summed E-state index contributed by atoms with van der Waals surface area (Å²) in [5.74, 6) is 0. The van der Waals surface area contributed by atoms with Gasteiger partial charge in [-0.2, -0.15) is 0 Å². The van der Waals surface area contributed by atoms with Gasteiger partial charge in [-0.05, 0) is 17.7 Å². The number of hydrogen-bond acceptors (Lipinski definition) is 3. The van der Waals surface area contributed by atoms with Crippen molar-refractivity contribution in [1.29, 1.82) is 0 Å². The first-order valence-electron chi connectivity index (χ1n) is 9.73. The van der Waals surface area contributed by atoms with Gasteiger partial charge in [0.05, 0.1) is 17.8 Å². The summed E-state index contributed by atoms with van der Waals surface area (Å²) in [5, 5.41) is 5.81. The van der Waals surface area contributed by atoms with Crippen molar-refractivity contribution in [1.82, 2.24) is 4.98 Å². The Morgan fingerprint density at radius 2 is 1.59 bits per heavy atom. The Bertz CT molecular complexity index is 1330. The maximum atomic E-state index is 6.31. The minimum Gasteiger partial charge on any atom is -0.380 e. The first-order chi connectivity index (χ1) is 14.2. The van der Waals surface area contributed by atoms with E-state index in [1.54, 1.807) is 0 Å². The Hall–Kier alpha value is -3.66. The molecule has 0 aliphatic carbocycles. The number of fused-ring (bicyclic) bond motifs is 4. The highest BCUT2D eigenvalue weighted by molar-refractivity contribution is 6.10. The molecule has 5 aromatic rings. The van der Waals surface area contributed by atoms with Gasteiger partial charge in [0.25, 0.3) is 0 Å². The number of aromatic nitrogens is 1. The standard InChI is InChI=1S/C25H22N3O/c1-28(2)18-12-13-21-23(14-18)29-24-15-22(26-16-17-8-4-3-5-9-17)19-10-6-7-11-20(19)25(24)27-21/h3-15,26H,16H2,1-2H3/q+1. The Morgan fingerprint density at radius 3 is 2.38 bits per heavy atom. The predicted molar refractivity (Wildman–Crippen MR) is 122 cm³/mol. The van der Waals surface area contributed by atoms with E-state index in [-0.39, 0.29) is 0 Å². The molecule has 0 atom stereocenters. The molecule has 0 saturated carbocycles. The van der Waals surface area contributed by atoms with Crippen LogP contribution >= 0.6 is 0 Å². The molecule has 0 bridgehead atoms. The minimum atomic E-state index is 0.752. The molecule has 0 spiro atoms.